The van der Waals surface area contributed by atoms with Gasteiger partial charge in [-0.1, -0.05) is 36.7 Å². The van der Waals surface area contributed by atoms with Gasteiger partial charge in [-0.15, -0.1) is 0 Å². The van der Waals surface area contributed by atoms with Gasteiger partial charge in [-0.2, -0.15) is 5.10 Å². The van der Waals surface area contributed by atoms with Gasteiger partial charge in [0.1, 0.15) is 5.69 Å². The first kappa shape index (κ1) is 14.9. The summed E-state index contributed by atoms with van der Waals surface area (Å²) in [6.07, 6.45) is 2.77. The molecule has 1 heterocycles. The van der Waals surface area contributed by atoms with E-state index < -0.39 is 0 Å². The highest BCUT2D eigenvalue weighted by Crippen LogP contribution is 2.33. The molecule has 20 heavy (non-hydrogen) atoms. The van der Waals surface area contributed by atoms with Crippen molar-refractivity contribution in [3.8, 4) is 5.75 Å². The molecule has 108 valence electrons. The summed E-state index contributed by atoms with van der Waals surface area (Å²) in [5, 5.41) is 8.45. The number of nitrogens with one attached hydrogen (secondary N) is 1. The Bertz CT molecular complexity index is 568. The van der Waals surface area contributed by atoms with Gasteiger partial charge in [-0.25, -0.2) is 0 Å². The van der Waals surface area contributed by atoms with E-state index in [0.717, 1.165) is 35.0 Å². The van der Waals surface area contributed by atoms with E-state index in [1.54, 1.807) is 13.3 Å². The van der Waals surface area contributed by atoms with Gasteiger partial charge in [0, 0.05) is 11.6 Å². The molecule has 0 saturated heterocycles. The Morgan fingerprint density at radius 1 is 1.40 bits per heavy atom. The summed E-state index contributed by atoms with van der Waals surface area (Å²) < 4.78 is 7.43. The van der Waals surface area contributed by atoms with Gasteiger partial charge < -0.3 is 10.1 Å². The molecule has 0 saturated carbocycles. The van der Waals surface area contributed by atoms with E-state index >= 15 is 0 Å². The third-order valence-electron chi connectivity index (χ3n) is 3.28. The number of aromatic nitrogens is 2. The molecule has 0 spiro atoms. The Hall–Kier alpha value is -1.52. The van der Waals surface area contributed by atoms with Crippen LogP contribution in [-0.2, 0) is 6.54 Å². The lowest BCUT2D eigenvalue weighted by Crippen LogP contribution is -2.22. The first-order chi connectivity index (χ1) is 9.72. The predicted octanol–water partition coefficient (Wildman–Crippen LogP) is 3.26. The highest BCUT2D eigenvalue weighted by Gasteiger charge is 2.23. The summed E-state index contributed by atoms with van der Waals surface area (Å²) in [5.74, 6) is 0.776. The van der Waals surface area contributed by atoms with Gasteiger partial charge in [0.15, 0.2) is 5.75 Å². The van der Waals surface area contributed by atoms with E-state index in [4.69, 9.17) is 16.3 Å². The highest BCUT2D eigenvalue weighted by molar-refractivity contribution is 6.31. The average Bonchev–Trinajstić information content (AvgIpc) is 2.85. The summed E-state index contributed by atoms with van der Waals surface area (Å²) in [6.45, 7) is 2.98. The Labute approximate surface area is 124 Å². The molecule has 0 aliphatic rings. The lowest BCUT2D eigenvalue weighted by molar-refractivity contribution is 0.400. The maximum absolute atomic E-state index is 6.33. The molecule has 1 unspecified atom stereocenters. The summed E-state index contributed by atoms with van der Waals surface area (Å²) in [6, 6.07) is 7.78. The van der Waals surface area contributed by atoms with E-state index in [1.807, 2.05) is 36.0 Å². The van der Waals surface area contributed by atoms with Crippen molar-refractivity contribution in [3.05, 3.63) is 46.7 Å². The average molecular weight is 294 g/mol. The second-order valence-corrected chi connectivity index (χ2v) is 4.97. The molecule has 1 aromatic heterocycles. The molecule has 5 heteroatoms. The van der Waals surface area contributed by atoms with Gasteiger partial charge in [-0.05, 0) is 25.1 Å². The van der Waals surface area contributed by atoms with Gasteiger partial charge in [-0.3, -0.25) is 4.68 Å². The van der Waals surface area contributed by atoms with Gasteiger partial charge >= 0.3 is 0 Å². The second kappa shape index (κ2) is 6.77. The molecule has 2 rings (SSSR count). The molecule has 4 nitrogen and oxygen atoms in total. The summed E-state index contributed by atoms with van der Waals surface area (Å²) >= 11 is 6.33. The number of hydrogen-bond acceptors (Lipinski definition) is 3. The van der Waals surface area contributed by atoms with Crippen molar-refractivity contribution in [2.24, 2.45) is 0 Å². The topological polar surface area (TPSA) is 39.1 Å². The normalized spacial score (nSPS) is 12.4. The molecule has 0 fully saturated rings. The molecule has 1 atom stereocenters. The van der Waals surface area contributed by atoms with Crippen LogP contribution in [0.2, 0.25) is 5.02 Å². The SMILES string of the molecule is CCCn1ncc(OC)c1C(NC)c1ccccc1Cl. The van der Waals surface area contributed by atoms with Crippen LogP contribution in [0.5, 0.6) is 5.75 Å². The quantitative estimate of drug-likeness (QED) is 0.888. The van der Waals surface area contributed by atoms with E-state index in [1.165, 1.54) is 0 Å². The third kappa shape index (κ3) is 2.81. The van der Waals surface area contributed by atoms with Crippen LogP contribution in [0.4, 0.5) is 0 Å². The Kier molecular flexibility index (Phi) is 5.04. The van der Waals surface area contributed by atoms with Crippen molar-refractivity contribution < 1.29 is 4.74 Å². The maximum atomic E-state index is 6.33. The van der Waals surface area contributed by atoms with Crippen LogP contribution in [0, 0.1) is 0 Å². The van der Waals surface area contributed by atoms with E-state index in [0.29, 0.717) is 0 Å². The van der Waals surface area contributed by atoms with Crippen LogP contribution in [0.1, 0.15) is 30.6 Å². The predicted molar refractivity (Wildman–Crippen MR) is 81.4 cm³/mol. The number of aryl methyl sites for hydroxylation is 1. The molecule has 0 radical (unpaired) electrons. The van der Waals surface area contributed by atoms with Gasteiger partial charge in [0.05, 0.1) is 19.3 Å². The molecule has 2 aromatic rings. The molecular formula is C15H20ClN3O. The number of nitrogens with zero attached hydrogens (tertiary/aromatic N) is 2. The number of methoxy groups -OCH3 is 1. The zero-order chi connectivity index (χ0) is 14.5. The van der Waals surface area contributed by atoms with E-state index in [2.05, 4.69) is 17.3 Å². The number of benzene rings is 1. The fourth-order valence-corrected chi connectivity index (χ4v) is 2.61. The smallest absolute Gasteiger partial charge is 0.161 e. The van der Waals surface area contributed by atoms with E-state index in [9.17, 15) is 0 Å². The minimum atomic E-state index is -0.0484. The minimum Gasteiger partial charge on any atom is -0.493 e. The molecule has 0 amide bonds. The van der Waals surface area contributed by atoms with Crippen molar-refractivity contribution in [3.63, 3.8) is 0 Å². The number of ether oxygens (including phenoxy) is 1. The Morgan fingerprint density at radius 2 is 2.15 bits per heavy atom. The Balaban J connectivity index is 2.51. The van der Waals surface area contributed by atoms with Crippen molar-refractivity contribution in [2.45, 2.75) is 25.9 Å². The van der Waals surface area contributed by atoms with Crippen LogP contribution in [0.3, 0.4) is 0 Å². The van der Waals surface area contributed by atoms with Gasteiger partial charge in [0.2, 0.25) is 0 Å². The first-order valence-electron chi connectivity index (χ1n) is 6.74. The van der Waals surface area contributed by atoms with Crippen molar-refractivity contribution in [2.75, 3.05) is 14.2 Å². The largest absolute Gasteiger partial charge is 0.493 e. The second-order valence-electron chi connectivity index (χ2n) is 4.56. The fourth-order valence-electron chi connectivity index (χ4n) is 2.36. The minimum absolute atomic E-state index is 0.0484. The van der Waals surface area contributed by atoms with Crippen LogP contribution in [0.15, 0.2) is 30.5 Å². The number of rotatable bonds is 6. The highest BCUT2D eigenvalue weighted by atomic mass is 35.5. The summed E-state index contributed by atoms with van der Waals surface area (Å²) in [5.41, 5.74) is 2.03. The third-order valence-corrected chi connectivity index (χ3v) is 3.62. The van der Waals surface area contributed by atoms with Crippen molar-refractivity contribution in [1.29, 1.82) is 0 Å². The number of hydrogen-bond donors (Lipinski definition) is 1. The molecule has 0 bridgehead atoms. The standard InChI is InChI=1S/C15H20ClN3O/c1-4-9-19-15(13(20-3)10-18-19)14(17-2)11-7-5-6-8-12(11)16/h5-8,10,14,17H,4,9H2,1-3H3. The maximum Gasteiger partial charge on any atom is 0.161 e. The van der Waals surface area contributed by atoms with Crippen LogP contribution in [0.25, 0.3) is 0 Å². The lowest BCUT2D eigenvalue weighted by atomic mass is 10.0. The van der Waals surface area contributed by atoms with Crippen molar-refractivity contribution in [1.82, 2.24) is 15.1 Å². The van der Waals surface area contributed by atoms with E-state index in [-0.39, 0.29) is 6.04 Å². The fraction of sp³-hybridized carbons (Fsp3) is 0.400. The molecule has 0 aliphatic heterocycles. The molecule has 1 N–H and O–H groups in total. The van der Waals surface area contributed by atoms with Crippen LogP contribution in [-0.4, -0.2) is 23.9 Å². The van der Waals surface area contributed by atoms with Gasteiger partial charge in [0.25, 0.3) is 0 Å². The zero-order valence-electron chi connectivity index (χ0n) is 12.1. The lowest BCUT2D eigenvalue weighted by Gasteiger charge is -2.20. The number of halogens is 1. The molecular weight excluding hydrogens is 274 g/mol. The zero-order valence-corrected chi connectivity index (χ0v) is 12.8. The van der Waals surface area contributed by atoms with Crippen LogP contribution >= 0.6 is 11.6 Å². The van der Waals surface area contributed by atoms with Crippen molar-refractivity contribution >= 4 is 11.6 Å². The molecule has 0 aliphatic carbocycles. The Morgan fingerprint density at radius 3 is 2.75 bits per heavy atom. The monoisotopic (exact) mass is 293 g/mol. The molecule has 1 aromatic carbocycles. The summed E-state index contributed by atoms with van der Waals surface area (Å²) in [7, 11) is 3.58. The van der Waals surface area contributed by atoms with Crippen LogP contribution < -0.4 is 10.1 Å². The summed E-state index contributed by atoms with van der Waals surface area (Å²) in [4.78, 5) is 0. The first-order valence-corrected chi connectivity index (χ1v) is 7.12.